The van der Waals surface area contributed by atoms with Crippen molar-refractivity contribution in [1.29, 1.82) is 0 Å². The fourth-order valence-corrected chi connectivity index (χ4v) is 0.714. The molecular weight excluding hydrogens is 278 g/mol. The average molecular weight is 297 g/mol. The fraction of sp³-hybridized carbons (Fsp3) is 0.600. The molecule has 0 radical (unpaired) electrons. The largest absolute Gasteiger partial charge is 0.550 e. The number of hydrogen-bond acceptors (Lipinski definition) is 6. The number of quaternary nitrogens is 1. The van der Waals surface area contributed by atoms with Gasteiger partial charge in [0.25, 0.3) is 0 Å². The zero-order valence-electron chi connectivity index (χ0n) is 11.3. The summed E-state index contributed by atoms with van der Waals surface area (Å²) in [5, 5.41) is 43.4. The Kier molecular flexibility index (Phi) is 11.1. The Morgan fingerprint density at radius 2 is 1.25 bits per heavy atom. The predicted octanol–water partition coefficient (Wildman–Crippen LogP) is -1.48. The van der Waals surface area contributed by atoms with Crippen molar-refractivity contribution < 1.29 is 44.7 Å². The number of carbonyl (C=O) groups is 4. The first-order chi connectivity index (χ1) is 8.42. The minimum Gasteiger partial charge on any atom is -0.550 e. The van der Waals surface area contributed by atoms with Crippen LogP contribution >= 0.6 is 0 Å². The maximum absolute atomic E-state index is 10.3. The van der Waals surface area contributed by atoms with E-state index >= 15 is 0 Å². The van der Waals surface area contributed by atoms with Crippen LogP contribution in [0.15, 0.2) is 0 Å². The van der Waals surface area contributed by atoms with E-state index in [1.54, 1.807) is 13.8 Å². The molecule has 0 aromatic carbocycles. The average Bonchev–Trinajstić information content (AvgIpc) is 2.14. The van der Waals surface area contributed by atoms with E-state index in [9.17, 15) is 24.3 Å². The molecule has 0 aliphatic rings. The summed E-state index contributed by atoms with van der Waals surface area (Å²) in [7, 11) is 0. The molecule has 0 aromatic rings. The highest BCUT2D eigenvalue weighted by molar-refractivity contribution is 5.88. The van der Waals surface area contributed by atoms with E-state index in [0.717, 1.165) is 0 Å². The molecule has 0 heterocycles. The smallest absolute Gasteiger partial charge is 0.336 e. The summed E-state index contributed by atoms with van der Waals surface area (Å²) in [4.78, 5) is 40.1. The van der Waals surface area contributed by atoms with Gasteiger partial charge < -0.3 is 36.5 Å². The third-order valence-electron chi connectivity index (χ3n) is 1.76. The molecule has 0 aromatic heterocycles. The van der Waals surface area contributed by atoms with E-state index in [1.807, 2.05) is 0 Å². The van der Waals surface area contributed by atoms with Crippen molar-refractivity contribution in [1.82, 2.24) is 6.15 Å². The van der Waals surface area contributed by atoms with E-state index in [2.05, 4.69) is 0 Å². The number of carboxylic acid groups (broad SMARTS) is 4. The van der Waals surface area contributed by atoms with Crippen LogP contribution in [0.1, 0.15) is 26.7 Å². The van der Waals surface area contributed by atoms with Crippen LogP contribution in [0, 0.1) is 5.92 Å². The number of rotatable bonds is 6. The highest BCUT2D eigenvalue weighted by Crippen LogP contribution is 2.15. The SMILES string of the molecule is CC(C)C(=O)[O-].O=C(O)CC(O)(CC(=O)O)C(=O)O.[NH4+]. The molecule has 0 fully saturated rings. The molecule has 0 aliphatic heterocycles. The van der Waals surface area contributed by atoms with E-state index in [0.29, 0.717) is 0 Å². The zero-order valence-corrected chi connectivity index (χ0v) is 11.3. The van der Waals surface area contributed by atoms with Crippen molar-refractivity contribution in [2.75, 3.05) is 0 Å². The molecule has 0 saturated carbocycles. The normalized spacial score (nSPS) is 9.80. The summed E-state index contributed by atoms with van der Waals surface area (Å²) in [5.41, 5.74) is -2.74. The monoisotopic (exact) mass is 297 g/mol. The van der Waals surface area contributed by atoms with Gasteiger partial charge in [0.2, 0.25) is 0 Å². The summed E-state index contributed by atoms with van der Waals surface area (Å²) in [6, 6.07) is 0. The minimum absolute atomic E-state index is 0. The van der Waals surface area contributed by atoms with E-state index in [4.69, 9.17) is 20.4 Å². The van der Waals surface area contributed by atoms with Gasteiger partial charge in [0.1, 0.15) is 0 Å². The van der Waals surface area contributed by atoms with Gasteiger partial charge in [-0.1, -0.05) is 13.8 Å². The number of aliphatic hydroxyl groups is 1. The second-order valence-corrected chi connectivity index (χ2v) is 3.95. The zero-order chi connectivity index (χ0) is 15.8. The predicted molar refractivity (Wildman–Crippen MR) is 62.9 cm³/mol. The molecule has 0 rings (SSSR count). The van der Waals surface area contributed by atoms with Crippen molar-refractivity contribution in [2.24, 2.45) is 5.92 Å². The van der Waals surface area contributed by atoms with Crippen LogP contribution in [-0.2, 0) is 19.2 Å². The van der Waals surface area contributed by atoms with E-state index in [1.165, 1.54) is 0 Å². The lowest BCUT2D eigenvalue weighted by atomic mass is 9.96. The van der Waals surface area contributed by atoms with E-state index in [-0.39, 0.29) is 12.1 Å². The van der Waals surface area contributed by atoms with Crippen LogP contribution in [0.2, 0.25) is 0 Å². The molecule has 0 spiro atoms. The summed E-state index contributed by atoms with van der Waals surface area (Å²) in [6.07, 6.45) is -2.29. The van der Waals surface area contributed by atoms with Crippen LogP contribution in [0.4, 0.5) is 0 Å². The second-order valence-electron chi connectivity index (χ2n) is 3.95. The Morgan fingerprint density at radius 3 is 1.35 bits per heavy atom. The third kappa shape index (κ3) is 10.9. The Bertz CT molecular complexity index is 348. The summed E-state index contributed by atoms with van der Waals surface area (Å²) in [6.45, 7) is 3.16. The van der Waals surface area contributed by atoms with Gasteiger partial charge in [0.05, 0.1) is 12.8 Å². The summed E-state index contributed by atoms with van der Waals surface area (Å²) in [5.74, 6) is -6.35. The lowest BCUT2D eigenvalue weighted by Crippen LogP contribution is -2.42. The van der Waals surface area contributed by atoms with Crippen LogP contribution in [0.25, 0.3) is 0 Å². The lowest BCUT2D eigenvalue weighted by molar-refractivity contribution is -0.310. The van der Waals surface area contributed by atoms with Crippen LogP contribution in [-0.4, -0.2) is 49.9 Å². The van der Waals surface area contributed by atoms with Crippen molar-refractivity contribution in [3.63, 3.8) is 0 Å². The Hall–Kier alpha value is -2.20. The molecule has 20 heavy (non-hydrogen) atoms. The third-order valence-corrected chi connectivity index (χ3v) is 1.76. The van der Waals surface area contributed by atoms with Crippen molar-refractivity contribution in [3.05, 3.63) is 0 Å². The molecule has 8 N–H and O–H groups in total. The van der Waals surface area contributed by atoms with Crippen LogP contribution < -0.4 is 11.3 Å². The number of hydrogen-bond donors (Lipinski definition) is 5. The van der Waals surface area contributed by atoms with Gasteiger partial charge >= 0.3 is 17.9 Å². The van der Waals surface area contributed by atoms with Gasteiger partial charge in [-0.05, 0) is 5.92 Å². The minimum atomic E-state index is -2.74. The quantitative estimate of drug-likeness (QED) is 0.386. The van der Waals surface area contributed by atoms with Gasteiger partial charge in [0, 0.05) is 5.97 Å². The maximum atomic E-state index is 10.3. The first-order valence-corrected chi connectivity index (χ1v) is 5.02. The first-order valence-electron chi connectivity index (χ1n) is 5.02. The van der Waals surface area contributed by atoms with E-state index < -0.39 is 42.3 Å². The lowest BCUT2D eigenvalue weighted by Gasteiger charge is -2.18. The molecule has 0 atom stereocenters. The highest BCUT2D eigenvalue weighted by Gasteiger charge is 2.40. The molecule has 10 heteroatoms. The van der Waals surface area contributed by atoms with Gasteiger partial charge in [0.15, 0.2) is 5.60 Å². The number of carboxylic acids is 4. The summed E-state index contributed by atoms with van der Waals surface area (Å²) < 4.78 is 0. The number of aliphatic carboxylic acids is 4. The molecule has 0 saturated heterocycles. The van der Waals surface area contributed by atoms with Gasteiger partial charge in [-0.2, -0.15) is 0 Å². The van der Waals surface area contributed by atoms with Crippen molar-refractivity contribution >= 4 is 23.9 Å². The molecule has 118 valence electrons. The molecule has 10 nitrogen and oxygen atoms in total. The Morgan fingerprint density at radius 1 is 1.00 bits per heavy atom. The first kappa shape index (κ1) is 22.9. The summed E-state index contributed by atoms with van der Waals surface area (Å²) >= 11 is 0. The Balaban J connectivity index is -0.000000352. The van der Waals surface area contributed by atoms with Crippen molar-refractivity contribution in [2.45, 2.75) is 32.3 Å². The van der Waals surface area contributed by atoms with Crippen LogP contribution in [0.5, 0.6) is 0 Å². The molecule has 0 bridgehead atoms. The van der Waals surface area contributed by atoms with Gasteiger partial charge in [-0.15, -0.1) is 0 Å². The number of carbonyl (C=O) groups excluding carboxylic acids is 1. The standard InChI is InChI=1S/C6H8O7.C4H8O2.H3N/c7-3(8)1-6(13,5(11)12)2-4(9)10;1-3(2)4(5)6;/h13H,1-2H2,(H,7,8)(H,9,10)(H,11,12);3H,1-2H3,(H,5,6);1H3. The fourth-order valence-electron chi connectivity index (χ4n) is 0.714. The molecule has 0 unspecified atom stereocenters. The maximum Gasteiger partial charge on any atom is 0.336 e. The highest BCUT2D eigenvalue weighted by atomic mass is 16.4. The van der Waals surface area contributed by atoms with Gasteiger partial charge in [-0.25, -0.2) is 4.79 Å². The molecule has 0 amide bonds. The van der Waals surface area contributed by atoms with Crippen molar-refractivity contribution in [3.8, 4) is 0 Å². The topological polar surface area (TPSA) is 209 Å². The Labute approximate surface area is 114 Å². The second kappa shape index (κ2) is 9.69. The van der Waals surface area contributed by atoms with Crippen LogP contribution in [0.3, 0.4) is 0 Å². The van der Waals surface area contributed by atoms with Gasteiger partial charge in [-0.3, -0.25) is 9.59 Å². The molecular formula is C10H19NO9. The molecule has 0 aliphatic carbocycles.